The highest BCUT2D eigenvalue weighted by molar-refractivity contribution is 5.64. The van der Waals surface area contributed by atoms with Crippen LogP contribution < -0.4 is 0 Å². The molecule has 0 amide bonds. The van der Waals surface area contributed by atoms with E-state index in [0.717, 1.165) is 35.2 Å². The lowest BCUT2D eigenvalue weighted by Crippen LogP contribution is -2.03. The van der Waals surface area contributed by atoms with Gasteiger partial charge in [0.2, 0.25) is 0 Å². The highest BCUT2D eigenvalue weighted by atomic mass is 19.4. The first kappa shape index (κ1) is 14.6. The lowest BCUT2D eigenvalue weighted by atomic mass is 10.0. The molecule has 1 nitrogen and oxygen atoms in total. The van der Waals surface area contributed by atoms with Crippen LogP contribution in [0.1, 0.15) is 11.1 Å². The molecule has 0 fully saturated rings. The molecule has 0 unspecified atom stereocenters. The van der Waals surface area contributed by atoms with E-state index < -0.39 is 11.7 Å². The quantitative estimate of drug-likeness (QED) is 0.797. The molecule has 0 saturated carbocycles. The van der Waals surface area contributed by atoms with Gasteiger partial charge in [-0.15, -0.1) is 0 Å². The Balaban J connectivity index is 2.15. The van der Waals surface area contributed by atoms with Crippen molar-refractivity contribution in [1.29, 1.82) is 0 Å². The third-order valence-corrected chi connectivity index (χ3v) is 3.09. The molecule has 0 spiro atoms. The molecule has 0 saturated heterocycles. The largest absolute Gasteiger partial charge is 0.416 e. The van der Waals surface area contributed by atoms with E-state index in [4.69, 9.17) is 4.74 Å². The second-order valence-electron chi connectivity index (χ2n) is 4.51. The van der Waals surface area contributed by atoms with Crippen LogP contribution in [0.15, 0.2) is 48.5 Å². The highest BCUT2D eigenvalue weighted by Crippen LogP contribution is 2.31. The van der Waals surface area contributed by atoms with Crippen molar-refractivity contribution in [3.63, 3.8) is 0 Å². The molecule has 0 aliphatic carbocycles. The van der Waals surface area contributed by atoms with E-state index in [0.29, 0.717) is 6.61 Å². The van der Waals surface area contributed by atoms with E-state index in [2.05, 4.69) is 0 Å². The zero-order chi connectivity index (χ0) is 14.6. The van der Waals surface area contributed by atoms with Crippen molar-refractivity contribution in [3.8, 4) is 11.1 Å². The maximum absolute atomic E-state index is 12.5. The Morgan fingerprint density at radius 2 is 1.35 bits per heavy atom. The summed E-state index contributed by atoms with van der Waals surface area (Å²) in [5.41, 5.74) is 2.19. The van der Waals surface area contributed by atoms with Crippen LogP contribution in [0.5, 0.6) is 0 Å². The molecule has 0 bridgehead atoms. The summed E-state index contributed by atoms with van der Waals surface area (Å²) >= 11 is 0. The van der Waals surface area contributed by atoms with Crippen molar-refractivity contribution in [2.24, 2.45) is 0 Å². The molecule has 4 heteroatoms. The Morgan fingerprint density at radius 1 is 0.850 bits per heavy atom. The predicted octanol–water partition coefficient (Wildman–Crippen LogP) is 4.56. The Hall–Kier alpha value is -1.81. The van der Waals surface area contributed by atoms with Gasteiger partial charge in [0.15, 0.2) is 0 Å². The SMILES string of the molecule is COCCc1ccc(-c2ccc(C(F)(F)F)cc2)cc1. The third-order valence-electron chi connectivity index (χ3n) is 3.09. The molecule has 2 rings (SSSR count). The van der Waals surface area contributed by atoms with Crippen LogP contribution in [0.4, 0.5) is 13.2 Å². The van der Waals surface area contributed by atoms with Gasteiger partial charge in [-0.1, -0.05) is 36.4 Å². The first-order valence-electron chi connectivity index (χ1n) is 6.26. The van der Waals surface area contributed by atoms with E-state index in [-0.39, 0.29) is 0 Å². The Bertz CT molecular complexity index is 541. The van der Waals surface area contributed by atoms with Gasteiger partial charge in [-0.2, -0.15) is 13.2 Å². The summed E-state index contributed by atoms with van der Waals surface area (Å²) < 4.78 is 42.4. The molecule has 0 aliphatic heterocycles. The molecular weight excluding hydrogens is 265 g/mol. The lowest BCUT2D eigenvalue weighted by molar-refractivity contribution is -0.137. The van der Waals surface area contributed by atoms with Crippen LogP contribution in [0.25, 0.3) is 11.1 Å². The Labute approximate surface area is 116 Å². The third kappa shape index (κ3) is 3.61. The molecule has 106 valence electrons. The minimum atomic E-state index is -4.29. The van der Waals surface area contributed by atoms with Gasteiger partial charge in [0, 0.05) is 7.11 Å². The van der Waals surface area contributed by atoms with Gasteiger partial charge in [0.25, 0.3) is 0 Å². The molecule has 2 aromatic rings. The minimum absolute atomic E-state index is 0.627. The second kappa shape index (κ2) is 6.09. The average Bonchev–Trinajstić information content (AvgIpc) is 2.45. The van der Waals surface area contributed by atoms with E-state index in [9.17, 15) is 13.2 Å². The summed E-state index contributed by atoms with van der Waals surface area (Å²) in [4.78, 5) is 0. The average molecular weight is 280 g/mol. The van der Waals surface area contributed by atoms with Gasteiger partial charge in [-0.3, -0.25) is 0 Å². The van der Waals surface area contributed by atoms with Crippen LogP contribution in [0.3, 0.4) is 0 Å². The zero-order valence-corrected chi connectivity index (χ0v) is 11.1. The molecular formula is C16H15F3O. The van der Waals surface area contributed by atoms with Crippen LogP contribution in [0.2, 0.25) is 0 Å². The summed E-state index contributed by atoms with van der Waals surface area (Å²) in [5.74, 6) is 0. The minimum Gasteiger partial charge on any atom is -0.384 e. The van der Waals surface area contributed by atoms with Crippen molar-refractivity contribution in [3.05, 3.63) is 59.7 Å². The van der Waals surface area contributed by atoms with Crippen LogP contribution in [-0.4, -0.2) is 13.7 Å². The summed E-state index contributed by atoms with van der Waals surface area (Å²) in [7, 11) is 1.65. The van der Waals surface area contributed by atoms with Gasteiger partial charge in [-0.25, -0.2) is 0 Å². The number of methoxy groups -OCH3 is 1. The summed E-state index contributed by atoms with van der Waals surface area (Å²) in [5, 5.41) is 0. The molecule has 0 aliphatic rings. The highest BCUT2D eigenvalue weighted by Gasteiger charge is 2.29. The number of ether oxygens (including phenoxy) is 1. The van der Waals surface area contributed by atoms with E-state index >= 15 is 0 Å². The van der Waals surface area contributed by atoms with Crippen LogP contribution >= 0.6 is 0 Å². The van der Waals surface area contributed by atoms with Crippen molar-refractivity contribution >= 4 is 0 Å². The summed E-state index contributed by atoms with van der Waals surface area (Å²) in [6, 6.07) is 12.9. The van der Waals surface area contributed by atoms with Crippen molar-refractivity contribution in [1.82, 2.24) is 0 Å². The smallest absolute Gasteiger partial charge is 0.384 e. The van der Waals surface area contributed by atoms with Crippen molar-refractivity contribution in [2.75, 3.05) is 13.7 Å². The standard InChI is InChI=1S/C16H15F3O/c1-20-11-10-12-2-4-13(5-3-12)14-6-8-15(9-7-14)16(17,18)19/h2-9H,10-11H2,1H3. The van der Waals surface area contributed by atoms with Gasteiger partial charge in [0.1, 0.15) is 0 Å². The molecule has 2 aromatic carbocycles. The fraction of sp³-hybridized carbons (Fsp3) is 0.250. The van der Waals surface area contributed by atoms with Gasteiger partial charge in [-0.05, 0) is 35.2 Å². The fourth-order valence-corrected chi connectivity index (χ4v) is 1.94. The molecule has 0 radical (unpaired) electrons. The topological polar surface area (TPSA) is 9.23 Å². The van der Waals surface area contributed by atoms with Gasteiger partial charge < -0.3 is 4.74 Å². The molecule has 0 heterocycles. The van der Waals surface area contributed by atoms with Crippen LogP contribution in [0, 0.1) is 0 Å². The summed E-state index contributed by atoms with van der Waals surface area (Å²) in [6.07, 6.45) is -3.47. The monoisotopic (exact) mass is 280 g/mol. The van der Waals surface area contributed by atoms with E-state index in [1.165, 1.54) is 12.1 Å². The Morgan fingerprint density at radius 3 is 1.80 bits per heavy atom. The fourth-order valence-electron chi connectivity index (χ4n) is 1.94. The number of benzene rings is 2. The van der Waals surface area contributed by atoms with Crippen LogP contribution in [-0.2, 0) is 17.3 Å². The molecule has 20 heavy (non-hydrogen) atoms. The van der Waals surface area contributed by atoms with E-state index in [1.54, 1.807) is 7.11 Å². The molecule has 0 N–H and O–H groups in total. The maximum atomic E-state index is 12.5. The first-order valence-corrected chi connectivity index (χ1v) is 6.26. The number of hydrogen-bond acceptors (Lipinski definition) is 1. The number of alkyl halides is 3. The lowest BCUT2D eigenvalue weighted by Gasteiger charge is -2.08. The zero-order valence-electron chi connectivity index (χ0n) is 11.1. The maximum Gasteiger partial charge on any atom is 0.416 e. The normalized spacial score (nSPS) is 11.6. The first-order chi connectivity index (χ1) is 9.50. The predicted molar refractivity (Wildman–Crippen MR) is 72.5 cm³/mol. The van der Waals surface area contributed by atoms with Crippen molar-refractivity contribution < 1.29 is 17.9 Å². The number of rotatable bonds is 4. The second-order valence-corrected chi connectivity index (χ2v) is 4.51. The Kier molecular flexibility index (Phi) is 4.45. The van der Waals surface area contributed by atoms with E-state index in [1.807, 2.05) is 24.3 Å². The van der Waals surface area contributed by atoms with Crippen molar-refractivity contribution in [2.45, 2.75) is 12.6 Å². The number of halogens is 3. The van der Waals surface area contributed by atoms with Gasteiger partial charge in [0.05, 0.1) is 12.2 Å². The molecule has 0 atom stereocenters. The molecule has 0 aromatic heterocycles. The number of hydrogen-bond donors (Lipinski definition) is 0. The van der Waals surface area contributed by atoms with Gasteiger partial charge >= 0.3 is 6.18 Å². The summed E-state index contributed by atoms with van der Waals surface area (Å²) in [6.45, 7) is 0.652.